The fourth-order valence-electron chi connectivity index (χ4n) is 2.84. The largest absolute Gasteiger partial charge is 0.377 e. The summed E-state index contributed by atoms with van der Waals surface area (Å²) in [5, 5.41) is 3.28. The molecule has 0 amide bonds. The molecule has 1 atom stereocenters. The van der Waals surface area contributed by atoms with Gasteiger partial charge in [0.25, 0.3) is 0 Å². The lowest BCUT2D eigenvalue weighted by Gasteiger charge is -2.41. The Morgan fingerprint density at radius 1 is 1.45 bits per heavy atom. The number of hydrogen-bond donors (Lipinski definition) is 1. The van der Waals surface area contributed by atoms with Crippen molar-refractivity contribution in [3.05, 3.63) is 29.6 Å². The van der Waals surface area contributed by atoms with Crippen molar-refractivity contribution < 1.29 is 9.13 Å². The summed E-state index contributed by atoms with van der Waals surface area (Å²) < 4.78 is 19.1. The van der Waals surface area contributed by atoms with Gasteiger partial charge in [0.2, 0.25) is 0 Å². The highest BCUT2D eigenvalue weighted by atomic mass is 19.1. The Labute approximate surface area is 121 Å². The summed E-state index contributed by atoms with van der Waals surface area (Å²) in [5.74, 6) is -0.173. The van der Waals surface area contributed by atoms with Gasteiger partial charge in [-0.15, -0.1) is 0 Å². The van der Waals surface area contributed by atoms with Crippen LogP contribution in [0, 0.1) is 5.82 Å². The van der Waals surface area contributed by atoms with E-state index in [1.807, 2.05) is 6.07 Å². The van der Waals surface area contributed by atoms with Crippen LogP contribution in [0.2, 0.25) is 0 Å². The van der Waals surface area contributed by atoms with Gasteiger partial charge in [-0.3, -0.25) is 0 Å². The lowest BCUT2D eigenvalue weighted by Crippen LogP contribution is -2.47. The molecule has 112 valence electrons. The second-order valence-corrected chi connectivity index (χ2v) is 5.73. The van der Waals surface area contributed by atoms with Crippen molar-refractivity contribution in [2.75, 3.05) is 31.6 Å². The molecule has 1 unspecified atom stereocenters. The predicted octanol–water partition coefficient (Wildman–Crippen LogP) is 2.94. The molecule has 0 aliphatic carbocycles. The Bertz CT molecular complexity index is 452. The minimum absolute atomic E-state index is 0.109. The van der Waals surface area contributed by atoms with Gasteiger partial charge in [-0.05, 0) is 50.1 Å². The minimum Gasteiger partial charge on any atom is -0.377 e. The van der Waals surface area contributed by atoms with Gasteiger partial charge >= 0.3 is 0 Å². The van der Waals surface area contributed by atoms with Crippen molar-refractivity contribution in [1.82, 2.24) is 5.32 Å². The molecule has 2 rings (SSSR count). The number of nitrogens with one attached hydrogen (secondary N) is 1. The molecule has 0 aromatic heterocycles. The Balaban J connectivity index is 2.22. The monoisotopic (exact) mass is 280 g/mol. The van der Waals surface area contributed by atoms with Crippen LogP contribution >= 0.6 is 0 Å². The third-order valence-corrected chi connectivity index (χ3v) is 4.10. The molecular formula is C16H25FN2O. The number of piperidine rings is 1. The Hall–Kier alpha value is -1.13. The zero-order valence-electron chi connectivity index (χ0n) is 12.7. The lowest BCUT2D eigenvalue weighted by molar-refractivity contribution is -0.00468. The van der Waals surface area contributed by atoms with Gasteiger partial charge in [-0.1, -0.05) is 6.92 Å². The average molecular weight is 280 g/mol. The predicted molar refractivity (Wildman–Crippen MR) is 80.6 cm³/mol. The van der Waals surface area contributed by atoms with Gasteiger partial charge in [0.15, 0.2) is 0 Å². The maximum atomic E-state index is 13.5. The third kappa shape index (κ3) is 3.49. The number of rotatable bonds is 5. The Morgan fingerprint density at radius 3 is 2.95 bits per heavy atom. The highest BCUT2D eigenvalue weighted by Crippen LogP contribution is 2.30. The standard InChI is InChI=1S/C16H25FN2O/c1-4-18-11-13-10-14(17)6-7-15(13)19-9-5-8-16(2,12-19)20-3/h6-7,10,18H,4-5,8-9,11-12H2,1-3H3. The van der Waals surface area contributed by atoms with E-state index in [1.165, 1.54) is 0 Å². The van der Waals surface area contributed by atoms with Gasteiger partial charge in [-0.25, -0.2) is 4.39 Å². The fourth-order valence-corrected chi connectivity index (χ4v) is 2.84. The smallest absolute Gasteiger partial charge is 0.123 e. The van der Waals surface area contributed by atoms with Gasteiger partial charge in [0.1, 0.15) is 5.82 Å². The molecule has 20 heavy (non-hydrogen) atoms. The van der Waals surface area contributed by atoms with E-state index in [4.69, 9.17) is 4.74 Å². The molecule has 1 aromatic rings. The minimum atomic E-state index is -0.173. The second-order valence-electron chi connectivity index (χ2n) is 5.73. The van der Waals surface area contributed by atoms with E-state index < -0.39 is 0 Å². The second kappa shape index (κ2) is 6.55. The van der Waals surface area contributed by atoms with Gasteiger partial charge in [-0.2, -0.15) is 0 Å². The van der Waals surface area contributed by atoms with Crippen LogP contribution in [0.3, 0.4) is 0 Å². The highest BCUT2D eigenvalue weighted by Gasteiger charge is 2.31. The molecule has 0 radical (unpaired) electrons. The van der Waals surface area contributed by atoms with Gasteiger partial charge in [0, 0.05) is 32.4 Å². The first-order valence-electron chi connectivity index (χ1n) is 7.37. The first-order chi connectivity index (χ1) is 9.58. The number of anilines is 1. The van der Waals surface area contributed by atoms with Crippen molar-refractivity contribution in [3.8, 4) is 0 Å². The van der Waals surface area contributed by atoms with E-state index in [2.05, 4.69) is 24.1 Å². The van der Waals surface area contributed by atoms with E-state index in [0.29, 0.717) is 6.54 Å². The molecule has 0 bridgehead atoms. The molecule has 1 fully saturated rings. The van der Waals surface area contributed by atoms with E-state index >= 15 is 0 Å². The maximum absolute atomic E-state index is 13.5. The zero-order valence-corrected chi connectivity index (χ0v) is 12.7. The summed E-state index contributed by atoms with van der Waals surface area (Å²) in [7, 11) is 1.77. The number of benzene rings is 1. The van der Waals surface area contributed by atoms with Crippen molar-refractivity contribution >= 4 is 5.69 Å². The molecule has 1 aromatic carbocycles. The van der Waals surface area contributed by atoms with Crippen LogP contribution in [0.4, 0.5) is 10.1 Å². The summed E-state index contributed by atoms with van der Waals surface area (Å²) >= 11 is 0. The van der Waals surface area contributed by atoms with Crippen LogP contribution in [0.1, 0.15) is 32.3 Å². The number of hydrogen-bond acceptors (Lipinski definition) is 3. The first-order valence-corrected chi connectivity index (χ1v) is 7.37. The van der Waals surface area contributed by atoms with Crippen molar-refractivity contribution in [2.45, 2.75) is 38.8 Å². The number of methoxy groups -OCH3 is 1. The molecule has 4 heteroatoms. The van der Waals surface area contributed by atoms with Crippen LogP contribution in [-0.2, 0) is 11.3 Å². The summed E-state index contributed by atoms with van der Waals surface area (Å²) in [4.78, 5) is 2.32. The van der Waals surface area contributed by atoms with Crippen molar-refractivity contribution in [2.24, 2.45) is 0 Å². The third-order valence-electron chi connectivity index (χ3n) is 4.10. The van der Waals surface area contributed by atoms with Gasteiger partial charge < -0.3 is 15.0 Å². The van der Waals surface area contributed by atoms with Gasteiger partial charge in [0.05, 0.1) is 5.60 Å². The Kier molecular flexibility index (Phi) is 5.00. The van der Waals surface area contributed by atoms with Crippen LogP contribution in [0.15, 0.2) is 18.2 Å². The molecule has 1 saturated heterocycles. The average Bonchev–Trinajstić information content (AvgIpc) is 2.45. The highest BCUT2D eigenvalue weighted by molar-refractivity contribution is 5.54. The molecule has 0 saturated carbocycles. The molecule has 1 heterocycles. The van der Waals surface area contributed by atoms with E-state index in [9.17, 15) is 4.39 Å². The maximum Gasteiger partial charge on any atom is 0.123 e. The summed E-state index contributed by atoms with van der Waals surface area (Å²) in [6.07, 6.45) is 2.17. The molecular weight excluding hydrogens is 255 g/mol. The van der Waals surface area contributed by atoms with Crippen LogP contribution in [0.25, 0.3) is 0 Å². The summed E-state index contributed by atoms with van der Waals surface area (Å²) in [5.41, 5.74) is 2.03. The van der Waals surface area contributed by atoms with Crippen LogP contribution in [0.5, 0.6) is 0 Å². The number of nitrogens with zero attached hydrogens (tertiary/aromatic N) is 1. The molecule has 1 aliphatic heterocycles. The topological polar surface area (TPSA) is 24.5 Å². The SMILES string of the molecule is CCNCc1cc(F)ccc1N1CCCC(C)(OC)C1. The first kappa shape index (κ1) is 15.3. The van der Waals surface area contributed by atoms with Crippen LogP contribution in [-0.4, -0.2) is 32.3 Å². The summed E-state index contributed by atoms with van der Waals surface area (Å²) in [6.45, 7) is 7.64. The molecule has 1 N–H and O–H groups in total. The summed E-state index contributed by atoms with van der Waals surface area (Å²) in [6, 6.07) is 5.07. The number of halogens is 1. The lowest BCUT2D eigenvalue weighted by atomic mass is 9.93. The van der Waals surface area contributed by atoms with Crippen molar-refractivity contribution in [1.29, 1.82) is 0 Å². The molecule has 0 spiro atoms. The van der Waals surface area contributed by atoms with Crippen LogP contribution < -0.4 is 10.2 Å². The fraction of sp³-hybridized carbons (Fsp3) is 0.625. The number of ether oxygens (including phenoxy) is 1. The van der Waals surface area contributed by atoms with E-state index in [1.54, 1.807) is 19.2 Å². The quantitative estimate of drug-likeness (QED) is 0.897. The normalized spacial score (nSPS) is 23.1. The zero-order chi connectivity index (χ0) is 14.6. The molecule has 3 nitrogen and oxygen atoms in total. The van der Waals surface area contributed by atoms with E-state index in [-0.39, 0.29) is 11.4 Å². The van der Waals surface area contributed by atoms with E-state index in [0.717, 1.165) is 43.7 Å². The van der Waals surface area contributed by atoms with Crippen molar-refractivity contribution in [3.63, 3.8) is 0 Å². The Morgan fingerprint density at radius 2 is 2.25 bits per heavy atom. The molecule has 1 aliphatic rings.